The predicted molar refractivity (Wildman–Crippen MR) is 101 cm³/mol. The highest BCUT2D eigenvalue weighted by molar-refractivity contribution is 7.99. The summed E-state index contributed by atoms with van der Waals surface area (Å²) in [6.45, 7) is 0. The fourth-order valence-electron chi connectivity index (χ4n) is 2.17. The van der Waals surface area contributed by atoms with Crippen LogP contribution in [0.1, 0.15) is 34.0 Å². The number of nitrogens with two attached hydrogens (primary N) is 1. The lowest BCUT2D eigenvalue weighted by atomic mass is 10.0. The summed E-state index contributed by atoms with van der Waals surface area (Å²) in [7, 11) is 0. The normalized spacial score (nSPS) is 11.9. The largest absolute Gasteiger partial charge is 0.370 e. The maximum Gasteiger partial charge on any atom is 0.218 e. The van der Waals surface area contributed by atoms with E-state index in [2.05, 4.69) is 0 Å². The molecule has 0 saturated carbocycles. The van der Waals surface area contributed by atoms with Gasteiger partial charge in [0.2, 0.25) is 5.91 Å². The van der Waals surface area contributed by atoms with Crippen LogP contribution in [0.15, 0.2) is 48.5 Å². The molecule has 24 heavy (non-hydrogen) atoms. The number of ketones is 1. The number of carbonyl (C=O) groups is 2. The number of rotatable bonds is 8. The molecule has 1 atom stereocenters. The lowest BCUT2D eigenvalue weighted by Gasteiger charge is -2.16. The van der Waals surface area contributed by atoms with Gasteiger partial charge in [-0.25, -0.2) is 0 Å². The van der Waals surface area contributed by atoms with Crippen molar-refractivity contribution in [3.05, 3.63) is 69.7 Å². The maximum atomic E-state index is 12.5. The topological polar surface area (TPSA) is 60.2 Å². The second kappa shape index (κ2) is 9.11. The van der Waals surface area contributed by atoms with Crippen LogP contribution in [0.2, 0.25) is 10.0 Å². The molecule has 0 aliphatic heterocycles. The Hall–Kier alpha value is -1.49. The smallest absolute Gasteiger partial charge is 0.218 e. The van der Waals surface area contributed by atoms with Gasteiger partial charge in [-0.05, 0) is 42.0 Å². The number of carbonyl (C=O) groups excluding carboxylic acids is 2. The van der Waals surface area contributed by atoms with Crippen LogP contribution in [0.4, 0.5) is 0 Å². The molecule has 0 bridgehead atoms. The molecule has 0 radical (unpaired) electrons. The second-order valence-corrected chi connectivity index (χ2v) is 7.44. The molecular weight excluding hydrogens is 365 g/mol. The highest BCUT2D eigenvalue weighted by Crippen LogP contribution is 2.34. The number of thioether (sulfide) groups is 1. The van der Waals surface area contributed by atoms with Gasteiger partial charge in [-0.3, -0.25) is 9.59 Å². The summed E-state index contributed by atoms with van der Waals surface area (Å²) in [6, 6.07) is 14.2. The molecule has 1 amide bonds. The average Bonchev–Trinajstić information content (AvgIpc) is 2.55. The van der Waals surface area contributed by atoms with Crippen LogP contribution in [0.5, 0.6) is 0 Å². The molecule has 0 fully saturated rings. The second-order valence-electron chi connectivity index (χ2n) is 5.26. The van der Waals surface area contributed by atoms with Crippen molar-refractivity contribution in [3.8, 4) is 0 Å². The van der Waals surface area contributed by atoms with E-state index in [1.165, 1.54) is 0 Å². The SMILES string of the molecule is NC(=O)CCSC(CC(=O)c1ccc(Cl)cc1)c1ccc(Cl)cc1. The van der Waals surface area contributed by atoms with Crippen LogP contribution in [-0.4, -0.2) is 17.4 Å². The lowest BCUT2D eigenvalue weighted by Crippen LogP contribution is -2.12. The molecule has 6 heteroatoms. The Morgan fingerprint density at radius 3 is 2.04 bits per heavy atom. The summed E-state index contributed by atoms with van der Waals surface area (Å²) < 4.78 is 0. The van der Waals surface area contributed by atoms with Crippen molar-refractivity contribution in [2.45, 2.75) is 18.1 Å². The van der Waals surface area contributed by atoms with Gasteiger partial charge in [-0.15, -0.1) is 0 Å². The van der Waals surface area contributed by atoms with Gasteiger partial charge >= 0.3 is 0 Å². The summed E-state index contributed by atoms with van der Waals surface area (Å²) in [5.41, 5.74) is 6.81. The van der Waals surface area contributed by atoms with E-state index in [-0.39, 0.29) is 23.4 Å². The lowest BCUT2D eigenvalue weighted by molar-refractivity contribution is -0.117. The van der Waals surface area contributed by atoms with Crippen molar-refractivity contribution in [1.82, 2.24) is 0 Å². The van der Waals surface area contributed by atoms with Gasteiger partial charge in [-0.1, -0.05) is 35.3 Å². The Balaban J connectivity index is 2.12. The number of hydrogen-bond donors (Lipinski definition) is 1. The summed E-state index contributed by atoms with van der Waals surface area (Å²) in [4.78, 5) is 23.5. The van der Waals surface area contributed by atoms with Crippen LogP contribution < -0.4 is 5.73 Å². The first-order valence-corrected chi connectivity index (χ1v) is 9.20. The Morgan fingerprint density at radius 1 is 0.958 bits per heavy atom. The summed E-state index contributed by atoms with van der Waals surface area (Å²) in [5.74, 6) is 0.246. The van der Waals surface area contributed by atoms with E-state index in [1.807, 2.05) is 12.1 Å². The minimum absolute atomic E-state index is 0.0261. The first-order chi connectivity index (χ1) is 11.5. The highest BCUT2D eigenvalue weighted by Gasteiger charge is 2.18. The molecule has 0 aromatic heterocycles. The molecule has 0 saturated heterocycles. The molecule has 3 nitrogen and oxygen atoms in total. The van der Waals surface area contributed by atoms with E-state index in [4.69, 9.17) is 28.9 Å². The maximum absolute atomic E-state index is 12.5. The third kappa shape index (κ3) is 5.86. The zero-order chi connectivity index (χ0) is 17.5. The molecule has 0 aliphatic carbocycles. The molecule has 2 N–H and O–H groups in total. The predicted octanol–water partition coefficient (Wildman–Crippen LogP) is 4.92. The molecule has 0 heterocycles. The number of amides is 1. The van der Waals surface area contributed by atoms with E-state index < -0.39 is 0 Å². The molecule has 2 aromatic carbocycles. The van der Waals surface area contributed by atoms with E-state index in [0.29, 0.717) is 27.8 Å². The van der Waals surface area contributed by atoms with Crippen LogP contribution in [0.3, 0.4) is 0 Å². The van der Waals surface area contributed by atoms with E-state index in [0.717, 1.165) is 5.56 Å². The van der Waals surface area contributed by atoms with Crippen molar-refractivity contribution in [3.63, 3.8) is 0 Å². The van der Waals surface area contributed by atoms with Crippen LogP contribution >= 0.6 is 35.0 Å². The quantitative estimate of drug-likeness (QED) is 0.660. The molecule has 2 rings (SSSR count). The zero-order valence-electron chi connectivity index (χ0n) is 12.9. The summed E-state index contributed by atoms with van der Waals surface area (Å²) in [6.07, 6.45) is 0.608. The van der Waals surface area contributed by atoms with Crippen LogP contribution in [0, 0.1) is 0 Å². The van der Waals surface area contributed by atoms with Gasteiger partial charge in [0.15, 0.2) is 5.78 Å². The number of benzene rings is 2. The summed E-state index contributed by atoms with van der Waals surface area (Å²) in [5, 5.41) is 1.17. The third-order valence-corrected chi connectivity index (χ3v) is 5.23. The average molecular weight is 382 g/mol. The van der Waals surface area contributed by atoms with Crippen molar-refractivity contribution >= 4 is 46.7 Å². The molecule has 0 spiro atoms. The van der Waals surface area contributed by atoms with Crippen LogP contribution in [0.25, 0.3) is 0 Å². The van der Waals surface area contributed by atoms with Gasteiger partial charge < -0.3 is 5.73 Å². The van der Waals surface area contributed by atoms with Crippen molar-refractivity contribution < 1.29 is 9.59 Å². The summed E-state index contributed by atoms with van der Waals surface area (Å²) >= 11 is 13.3. The fourth-order valence-corrected chi connectivity index (χ4v) is 3.65. The van der Waals surface area contributed by atoms with Crippen molar-refractivity contribution in [1.29, 1.82) is 0 Å². The zero-order valence-corrected chi connectivity index (χ0v) is 15.2. The number of hydrogen-bond acceptors (Lipinski definition) is 3. The number of Topliss-reactive ketones (excluding diaryl/α,β-unsaturated/α-hetero) is 1. The first kappa shape index (κ1) is 18.8. The van der Waals surface area contributed by atoms with Gasteiger partial charge in [0.1, 0.15) is 0 Å². The molecular formula is C18H17Cl2NO2S. The van der Waals surface area contributed by atoms with Gasteiger partial charge in [0.25, 0.3) is 0 Å². The standard InChI is InChI=1S/C18H17Cl2NO2S/c19-14-5-1-12(2-6-14)16(22)11-17(24-10-9-18(21)23)13-3-7-15(20)8-4-13/h1-8,17H,9-11H2,(H2,21,23). The minimum atomic E-state index is -0.346. The number of primary amides is 1. The van der Waals surface area contributed by atoms with Gasteiger partial charge in [-0.2, -0.15) is 11.8 Å². The fraction of sp³-hybridized carbons (Fsp3) is 0.222. The minimum Gasteiger partial charge on any atom is -0.370 e. The Bertz CT molecular complexity index is 702. The molecule has 1 unspecified atom stereocenters. The highest BCUT2D eigenvalue weighted by atomic mass is 35.5. The van der Waals surface area contributed by atoms with Crippen molar-refractivity contribution in [2.24, 2.45) is 5.73 Å². The van der Waals surface area contributed by atoms with E-state index >= 15 is 0 Å². The Kier molecular flexibility index (Phi) is 7.16. The van der Waals surface area contributed by atoms with Crippen LogP contribution in [-0.2, 0) is 4.79 Å². The van der Waals surface area contributed by atoms with Gasteiger partial charge in [0, 0.05) is 39.5 Å². The third-order valence-electron chi connectivity index (χ3n) is 3.45. The molecule has 126 valence electrons. The number of halogens is 2. The molecule has 0 aliphatic rings. The van der Waals surface area contributed by atoms with E-state index in [1.54, 1.807) is 48.2 Å². The Labute approximate surface area is 155 Å². The molecule has 2 aromatic rings. The van der Waals surface area contributed by atoms with E-state index in [9.17, 15) is 9.59 Å². The van der Waals surface area contributed by atoms with Crippen molar-refractivity contribution in [2.75, 3.05) is 5.75 Å². The van der Waals surface area contributed by atoms with Gasteiger partial charge in [0.05, 0.1) is 0 Å². The first-order valence-electron chi connectivity index (χ1n) is 7.40. The Morgan fingerprint density at radius 2 is 1.50 bits per heavy atom. The monoisotopic (exact) mass is 381 g/mol.